The van der Waals surface area contributed by atoms with E-state index in [4.69, 9.17) is 0 Å². The molecule has 1 aliphatic carbocycles. The van der Waals surface area contributed by atoms with Gasteiger partial charge in [0.25, 0.3) is 0 Å². The number of rotatable bonds is 4. The highest BCUT2D eigenvalue weighted by Crippen LogP contribution is 2.24. The Bertz CT molecular complexity index is 610. The summed E-state index contributed by atoms with van der Waals surface area (Å²) in [6.07, 6.45) is 6.89. The molecule has 96 valence electrons. The first-order valence-corrected chi connectivity index (χ1v) is 6.51. The molecule has 5 heteroatoms. The van der Waals surface area contributed by atoms with Gasteiger partial charge in [-0.1, -0.05) is 0 Å². The molecule has 19 heavy (non-hydrogen) atoms. The monoisotopic (exact) mass is 253 g/mol. The van der Waals surface area contributed by atoms with E-state index in [1.807, 2.05) is 23.0 Å². The van der Waals surface area contributed by atoms with E-state index in [0.717, 1.165) is 31.5 Å². The van der Waals surface area contributed by atoms with Crippen molar-refractivity contribution in [3.63, 3.8) is 0 Å². The molecule has 0 fully saturated rings. The molecule has 1 aliphatic rings. The average molecular weight is 253 g/mol. The predicted octanol–water partition coefficient (Wildman–Crippen LogP) is 1.75. The van der Waals surface area contributed by atoms with E-state index >= 15 is 0 Å². The molecule has 0 saturated heterocycles. The minimum Gasteiger partial charge on any atom is -0.367 e. The van der Waals surface area contributed by atoms with Gasteiger partial charge in [-0.05, 0) is 37.0 Å². The number of nitrogens with zero attached hydrogens (tertiary/aromatic N) is 4. The molecule has 0 saturated carbocycles. The minimum atomic E-state index is 0.640. The molecule has 0 atom stereocenters. The lowest BCUT2D eigenvalue weighted by Crippen LogP contribution is -2.13. The van der Waals surface area contributed by atoms with Gasteiger partial charge < -0.3 is 5.32 Å². The predicted molar refractivity (Wildman–Crippen MR) is 71.7 cm³/mol. The SMILES string of the molecule is N#Cc1cc2c(nc1NCCn1cccn1)CCC2. The topological polar surface area (TPSA) is 66.5 Å². The van der Waals surface area contributed by atoms with Crippen molar-refractivity contribution >= 4 is 5.82 Å². The Morgan fingerprint density at radius 2 is 2.37 bits per heavy atom. The number of anilines is 1. The van der Waals surface area contributed by atoms with Gasteiger partial charge in [-0.2, -0.15) is 10.4 Å². The molecule has 3 rings (SSSR count). The summed E-state index contributed by atoms with van der Waals surface area (Å²) in [6.45, 7) is 1.47. The number of hydrogen-bond acceptors (Lipinski definition) is 4. The Labute approximate surface area is 111 Å². The van der Waals surface area contributed by atoms with Gasteiger partial charge in [-0.3, -0.25) is 4.68 Å². The van der Waals surface area contributed by atoms with Gasteiger partial charge in [-0.25, -0.2) is 4.98 Å². The van der Waals surface area contributed by atoms with Crippen LogP contribution in [0.3, 0.4) is 0 Å². The van der Waals surface area contributed by atoms with Crippen LogP contribution < -0.4 is 5.32 Å². The van der Waals surface area contributed by atoms with Gasteiger partial charge in [0.15, 0.2) is 0 Å². The highest BCUT2D eigenvalue weighted by Gasteiger charge is 2.16. The Morgan fingerprint density at radius 3 is 3.16 bits per heavy atom. The zero-order valence-electron chi connectivity index (χ0n) is 10.6. The summed E-state index contributed by atoms with van der Waals surface area (Å²) in [5.41, 5.74) is 3.01. The van der Waals surface area contributed by atoms with E-state index in [9.17, 15) is 5.26 Å². The zero-order chi connectivity index (χ0) is 13.1. The fourth-order valence-corrected chi connectivity index (χ4v) is 2.41. The molecule has 2 aromatic heterocycles. The summed E-state index contributed by atoms with van der Waals surface area (Å²) in [5, 5.41) is 16.6. The largest absolute Gasteiger partial charge is 0.367 e. The van der Waals surface area contributed by atoms with E-state index < -0.39 is 0 Å². The van der Waals surface area contributed by atoms with Gasteiger partial charge >= 0.3 is 0 Å². The maximum atomic E-state index is 9.19. The Kier molecular flexibility index (Phi) is 3.15. The van der Waals surface area contributed by atoms with E-state index in [1.165, 1.54) is 5.56 Å². The number of hydrogen-bond donors (Lipinski definition) is 1. The lowest BCUT2D eigenvalue weighted by molar-refractivity contribution is 0.637. The van der Waals surface area contributed by atoms with E-state index in [0.29, 0.717) is 17.9 Å². The van der Waals surface area contributed by atoms with Crippen molar-refractivity contribution in [2.75, 3.05) is 11.9 Å². The highest BCUT2D eigenvalue weighted by molar-refractivity contribution is 5.55. The van der Waals surface area contributed by atoms with Crippen LogP contribution in [-0.4, -0.2) is 21.3 Å². The van der Waals surface area contributed by atoms with Gasteiger partial charge in [0.2, 0.25) is 0 Å². The second kappa shape index (κ2) is 5.11. The third-order valence-corrected chi connectivity index (χ3v) is 3.36. The molecule has 1 N–H and O–H groups in total. The molecule has 5 nitrogen and oxygen atoms in total. The summed E-state index contributed by atoms with van der Waals surface area (Å²) >= 11 is 0. The second-order valence-corrected chi connectivity index (χ2v) is 4.65. The van der Waals surface area contributed by atoms with Crippen LogP contribution in [0.5, 0.6) is 0 Å². The molecule has 0 unspecified atom stereocenters. The van der Waals surface area contributed by atoms with Gasteiger partial charge in [0, 0.05) is 24.6 Å². The first-order chi connectivity index (χ1) is 9.36. The Hall–Kier alpha value is -2.35. The maximum absolute atomic E-state index is 9.19. The van der Waals surface area contributed by atoms with Crippen LogP contribution in [0.2, 0.25) is 0 Å². The lowest BCUT2D eigenvalue weighted by atomic mass is 10.1. The van der Waals surface area contributed by atoms with E-state index in [-0.39, 0.29) is 0 Å². The highest BCUT2D eigenvalue weighted by atomic mass is 15.3. The molecular formula is C14H15N5. The standard InChI is InChI=1S/C14H15N5/c15-10-12-9-11-3-1-4-13(11)18-14(12)16-6-8-19-7-2-5-17-19/h2,5,7,9H,1,3-4,6,8H2,(H,16,18). The molecule has 0 aliphatic heterocycles. The van der Waals surface area contributed by atoms with Crippen molar-refractivity contribution in [1.29, 1.82) is 5.26 Å². The number of pyridine rings is 1. The van der Waals surface area contributed by atoms with Crippen LogP contribution in [0.15, 0.2) is 24.5 Å². The van der Waals surface area contributed by atoms with Gasteiger partial charge in [0.1, 0.15) is 11.9 Å². The molecule has 2 aromatic rings. The molecule has 0 bridgehead atoms. The third-order valence-electron chi connectivity index (χ3n) is 3.36. The summed E-state index contributed by atoms with van der Waals surface area (Å²) in [7, 11) is 0. The third kappa shape index (κ3) is 2.43. The first-order valence-electron chi connectivity index (χ1n) is 6.51. The summed E-state index contributed by atoms with van der Waals surface area (Å²) in [5.74, 6) is 0.704. The molecule has 0 spiro atoms. The van der Waals surface area contributed by atoms with Crippen LogP contribution in [0.25, 0.3) is 0 Å². The van der Waals surface area contributed by atoms with Crippen molar-refractivity contribution in [3.8, 4) is 6.07 Å². The van der Waals surface area contributed by atoms with Crippen molar-refractivity contribution in [2.45, 2.75) is 25.8 Å². The van der Waals surface area contributed by atoms with Gasteiger partial charge in [-0.15, -0.1) is 0 Å². The molecular weight excluding hydrogens is 238 g/mol. The van der Waals surface area contributed by atoms with Crippen LogP contribution in [0, 0.1) is 11.3 Å². The number of nitriles is 1. The summed E-state index contributed by atoms with van der Waals surface area (Å²) in [6, 6.07) is 6.10. The normalized spacial score (nSPS) is 13.0. The molecule has 2 heterocycles. The van der Waals surface area contributed by atoms with Crippen LogP contribution >= 0.6 is 0 Å². The van der Waals surface area contributed by atoms with Crippen molar-refractivity contribution < 1.29 is 0 Å². The maximum Gasteiger partial charge on any atom is 0.144 e. The zero-order valence-corrected chi connectivity index (χ0v) is 10.6. The van der Waals surface area contributed by atoms with Crippen molar-refractivity contribution in [3.05, 3.63) is 41.3 Å². The van der Waals surface area contributed by atoms with Crippen molar-refractivity contribution in [2.24, 2.45) is 0 Å². The molecule has 0 radical (unpaired) electrons. The first kappa shape index (κ1) is 11.7. The average Bonchev–Trinajstić information content (AvgIpc) is 3.08. The van der Waals surface area contributed by atoms with Crippen molar-refractivity contribution in [1.82, 2.24) is 14.8 Å². The number of aromatic nitrogens is 3. The fraction of sp³-hybridized carbons (Fsp3) is 0.357. The Balaban J connectivity index is 1.72. The Morgan fingerprint density at radius 1 is 1.42 bits per heavy atom. The smallest absolute Gasteiger partial charge is 0.144 e. The minimum absolute atomic E-state index is 0.640. The second-order valence-electron chi connectivity index (χ2n) is 4.65. The van der Waals surface area contributed by atoms with E-state index in [1.54, 1.807) is 6.20 Å². The van der Waals surface area contributed by atoms with Crippen LogP contribution in [0.4, 0.5) is 5.82 Å². The number of aryl methyl sites for hydroxylation is 2. The van der Waals surface area contributed by atoms with Crippen LogP contribution in [-0.2, 0) is 19.4 Å². The van der Waals surface area contributed by atoms with E-state index in [2.05, 4.69) is 21.5 Å². The number of fused-ring (bicyclic) bond motifs is 1. The van der Waals surface area contributed by atoms with Gasteiger partial charge in [0.05, 0.1) is 12.1 Å². The number of nitrogens with one attached hydrogen (secondary N) is 1. The quantitative estimate of drug-likeness (QED) is 0.901. The van der Waals surface area contributed by atoms with Crippen LogP contribution in [0.1, 0.15) is 23.2 Å². The molecule has 0 aromatic carbocycles. The molecule has 0 amide bonds. The summed E-state index contributed by atoms with van der Waals surface area (Å²) < 4.78 is 1.85. The fourth-order valence-electron chi connectivity index (χ4n) is 2.41. The summed E-state index contributed by atoms with van der Waals surface area (Å²) in [4.78, 5) is 4.58. The lowest BCUT2D eigenvalue weighted by Gasteiger charge is -2.09.